The average Bonchev–Trinajstić information content (AvgIpc) is 3.12. The molecule has 2 aromatic rings. The number of nitrogens with one attached hydrogen (secondary N) is 1. The summed E-state index contributed by atoms with van der Waals surface area (Å²) in [5.74, 6) is 0.149. The third kappa shape index (κ3) is 2.75. The molecule has 1 aliphatic rings. The first-order valence-corrected chi connectivity index (χ1v) is 6.48. The van der Waals surface area contributed by atoms with E-state index in [0.29, 0.717) is 11.1 Å². The topological polar surface area (TPSA) is 66.5 Å². The number of hydrogen-bond donors (Lipinski definition) is 1. The molecule has 0 unspecified atom stereocenters. The molecule has 1 fully saturated rings. The zero-order chi connectivity index (χ0) is 13.2. The maximum absolute atomic E-state index is 8.70. The van der Waals surface area contributed by atoms with Crippen molar-refractivity contribution in [3.8, 4) is 11.8 Å². The molecule has 1 aliphatic carbocycles. The van der Waals surface area contributed by atoms with Crippen molar-refractivity contribution in [1.82, 2.24) is 20.1 Å². The SMILES string of the molecule is N#Cc1ncn(-c2ccc(CNC3CC3)c(Cl)c2)n1. The highest BCUT2D eigenvalue weighted by molar-refractivity contribution is 6.31. The number of benzene rings is 1. The van der Waals surface area contributed by atoms with E-state index in [2.05, 4.69) is 15.4 Å². The molecule has 1 saturated carbocycles. The van der Waals surface area contributed by atoms with E-state index in [0.717, 1.165) is 17.8 Å². The molecule has 0 aliphatic heterocycles. The Balaban J connectivity index is 1.79. The van der Waals surface area contributed by atoms with Crippen LogP contribution in [0.3, 0.4) is 0 Å². The van der Waals surface area contributed by atoms with E-state index in [1.165, 1.54) is 19.2 Å². The summed E-state index contributed by atoms with van der Waals surface area (Å²) in [5.41, 5.74) is 1.87. The number of aromatic nitrogens is 3. The van der Waals surface area contributed by atoms with Gasteiger partial charge >= 0.3 is 0 Å². The molecule has 0 atom stereocenters. The molecule has 0 radical (unpaired) electrons. The molecule has 96 valence electrons. The minimum atomic E-state index is 0.149. The van der Waals surface area contributed by atoms with E-state index in [9.17, 15) is 0 Å². The summed E-state index contributed by atoms with van der Waals surface area (Å²) in [5, 5.41) is 16.8. The van der Waals surface area contributed by atoms with E-state index >= 15 is 0 Å². The van der Waals surface area contributed by atoms with E-state index in [1.807, 2.05) is 24.3 Å². The summed E-state index contributed by atoms with van der Waals surface area (Å²) in [6.07, 6.45) is 4.02. The first-order chi connectivity index (χ1) is 9.26. The van der Waals surface area contributed by atoms with Gasteiger partial charge in [0.2, 0.25) is 0 Å². The van der Waals surface area contributed by atoms with Crippen LogP contribution in [-0.2, 0) is 6.54 Å². The van der Waals surface area contributed by atoms with Crippen LogP contribution in [0, 0.1) is 11.3 Å². The van der Waals surface area contributed by atoms with Gasteiger partial charge in [-0.15, -0.1) is 5.10 Å². The minimum absolute atomic E-state index is 0.149. The lowest BCUT2D eigenvalue weighted by atomic mass is 10.2. The summed E-state index contributed by atoms with van der Waals surface area (Å²) in [6.45, 7) is 0.782. The highest BCUT2D eigenvalue weighted by Crippen LogP contribution is 2.23. The van der Waals surface area contributed by atoms with E-state index in [4.69, 9.17) is 16.9 Å². The Bertz CT molecular complexity index is 639. The van der Waals surface area contributed by atoms with Crippen molar-refractivity contribution in [3.05, 3.63) is 40.9 Å². The average molecular weight is 274 g/mol. The number of nitriles is 1. The molecular formula is C13H12ClN5. The maximum Gasteiger partial charge on any atom is 0.252 e. The molecule has 0 amide bonds. The number of rotatable bonds is 4. The summed E-state index contributed by atoms with van der Waals surface area (Å²) >= 11 is 6.26. The Morgan fingerprint density at radius 3 is 2.95 bits per heavy atom. The fourth-order valence-electron chi connectivity index (χ4n) is 1.80. The lowest BCUT2D eigenvalue weighted by Gasteiger charge is -2.07. The minimum Gasteiger partial charge on any atom is -0.310 e. The maximum atomic E-state index is 8.70. The molecule has 0 bridgehead atoms. The fourth-order valence-corrected chi connectivity index (χ4v) is 2.04. The first kappa shape index (κ1) is 12.2. The molecular weight excluding hydrogens is 262 g/mol. The normalized spacial score (nSPS) is 14.3. The van der Waals surface area contributed by atoms with Gasteiger partial charge in [-0.1, -0.05) is 17.7 Å². The van der Waals surface area contributed by atoms with Crippen LogP contribution < -0.4 is 5.32 Å². The highest BCUT2D eigenvalue weighted by Gasteiger charge is 2.20. The molecule has 0 saturated heterocycles. The van der Waals surface area contributed by atoms with Crippen molar-refractivity contribution in [2.24, 2.45) is 0 Å². The predicted octanol–water partition coefficient (Wildman–Crippen LogP) is 2.04. The summed E-state index contributed by atoms with van der Waals surface area (Å²) in [6, 6.07) is 8.28. The molecule has 6 heteroatoms. The monoisotopic (exact) mass is 273 g/mol. The van der Waals surface area contributed by atoms with Crippen LogP contribution in [0.4, 0.5) is 0 Å². The predicted molar refractivity (Wildman–Crippen MR) is 70.9 cm³/mol. The van der Waals surface area contributed by atoms with Crippen LogP contribution in [0.25, 0.3) is 5.69 Å². The Morgan fingerprint density at radius 1 is 1.47 bits per heavy atom. The van der Waals surface area contributed by atoms with E-state index in [1.54, 1.807) is 4.68 Å². The van der Waals surface area contributed by atoms with Gasteiger partial charge in [0.1, 0.15) is 12.4 Å². The second kappa shape index (κ2) is 5.00. The lowest BCUT2D eigenvalue weighted by molar-refractivity contribution is 0.687. The van der Waals surface area contributed by atoms with Gasteiger partial charge in [0.25, 0.3) is 5.82 Å². The summed E-state index contributed by atoms with van der Waals surface area (Å²) in [7, 11) is 0. The van der Waals surface area contributed by atoms with Gasteiger partial charge in [0.15, 0.2) is 0 Å². The van der Waals surface area contributed by atoms with Crippen LogP contribution in [0.1, 0.15) is 24.2 Å². The lowest BCUT2D eigenvalue weighted by Crippen LogP contribution is -2.15. The molecule has 1 heterocycles. The molecule has 19 heavy (non-hydrogen) atoms. The molecule has 1 aromatic carbocycles. The van der Waals surface area contributed by atoms with Crippen molar-refractivity contribution in [1.29, 1.82) is 5.26 Å². The molecule has 5 nitrogen and oxygen atoms in total. The van der Waals surface area contributed by atoms with Gasteiger partial charge in [0, 0.05) is 17.6 Å². The first-order valence-electron chi connectivity index (χ1n) is 6.10. The largest absolute Gasteiger partial charge is 0.310 e. The summed E-state index contributed by atoms with van der Waals surface area (Å²) < 4.78 is 1.54. The van der Waals surface area contributed by atoms with Gasteiger partial charge in [-0.2, -0.15) is 5.26 Å². The quantitative estimate of drug-likeness (QED) is 0.926. The van der Waals surface area contributed by atoms with Crippen molar-refractivity contribution >= 4 is 11.6 Å². The fraction of sp³-hybridized carbons (Fsp3) is 0.308. The summed E-state index contributed by atoms with van der Waals surface area (Å²) in [4.78, 5) is 3.87. The van der Waals surface area contributed by atoms with Crippen molar-refractivity contribution < 1.29 is 0 Å². The van der Waals surface area contributed by atoms with Crippen molar-refractivity contribution in [2.75, 3.05) is 0 Å². The Kier molecular flexibility index (Phi) is 3.20. The second-order valence-corrected chi connectivity index (χ2v) is 4.96. The van der Waals surface area contributed by atoms with Crippen molar-refractivity contribution in [3.63, 3.8) is 0 Å². The molecule has 3 rings (SSSR count). The van der Waals surface area contributed by atoms with Crippen LogP contribution >= 0.6 is 11.6 Å². The third-order valence-electron chi connectivity index (χ3n) is 3.05. The van der Waals surface area contributed by atoms with Crippen LogP contribution in [-0.4, -0.2) is 20.8 Å². The Morgan fingerprint density at radius 2 is 2.32 bits per heavy atom. The highest BCUT2D eigenvalue weighted by atomic mass is 35.5. The standard InChI is InChI=1S/C13H12ClN5/c14-12-5-11(19-8-17-13(6-15)18-19)4-1-9(12)7-16-10-2-3-10/h1,4-5,8,10,16H,2-3,7H2. The van der Waals surface area contributed by atoms with E-state index in [-0.39, 0.29) is 5.82 Å². The smallest absolute Gasteiger partial charge is 0.252 e. The second-order valence-electron chi connectivity index (χ2n) is 4.56. The van der Waals surface area contributed by atoms with Crippen LogP contribution in [0.15, 0.2) is 24.5 Å². The Hall–Kier alpha value is -1.90. The Labute approximate surface area is 115 Å². The van der Waals surface area contributed by atoms with Gasteiger partial charge in [0.05, 0.1) is 5.69 Å². The van der Waals surface area contributed by atoms with Gasteiger partial charge in [-0.05, 0) is 30.5 Å². The number of hydrogen-bond acceptors (Lipinski definition) is 4. The van der Waals surface area contributed by atoms with Gasteiger partial charge in [-0.3, -0.25) is 0 Å². The van der Waals surface area contributed by atoms with Gasteiger partial charge in [-0.25, -0.2) is 9.67 Å². The van der Waals surface area contributed by atoms with Crippen LogP contribution in [0.5, 0.6) is 0 Å². The number of nitrogens with zero attached hydrogens (tertiary/aromatic N) is 4. The van der Waals surface area contributed by atoms with Crippen LogP contribution in [0.2, 0.25) is 5.02 Å². The van der Waals surface area contributed by atoms with Gasteiger partial charge < -0.3 is 5.32 Å². The van der Waals surface area contributed by atoms with E-state index < -0.39 is 0 Å². The number of halogens is 1. The molecule has 1 N–H and O–H groups in total. The third-order valence-corrected chi connectivity index (χ3v) is 3.40. The molecule has 0 spiro atoms. The molecule has 1 aromatic heterocycles. The zero-order valence-electron chi connectivity index (χ0n) is 10.2. The zero-order valence-corrected chi connectivity index (χ0v) is 10.9. The van der Waals surface area contributed by atoms with Crippen molar-refractivity contribution in [2.45, 2.75) is 25.4 Å².